The Bertz CT molecular complexity index is 784. The molecule has 2 fully saturated rings. The number of hydrogen-bond acceptors (Lipinski definition) is 3. The van der Waals surface area contributed by atoms with Crippen LogP contribution in [-0.2, 0) is 4.79 Å². The zero-order chi connectivity index (χ0) is 17.4. The maximum Gasteiger partial charge on any atom is 0.255 e. The fourth-order valence-corrected chi connectivity index (χ4v) is 4.58. The Hall–Kier alpha value is -1.85. The van der Waals surface area contributed by atoms with Crippen LogP contribution in [0.3, 0.4) is 0 Å². The van der Waals surface area contributed by atoms with Crippen molar-refractivity contribution in [3.05, 3.63) is 57.2 Å². The van der Waals surface area contributed by atoms with E-state index < -0.39 is 0 Å². The van der Waals surface area contributed by atoms with Crippen molar-refractivity contribution in [3.8, 4) is 0 Å². The van der Waals surface area contributed by atoms with Crippen LogP contribution in [0.15, 0.2) is 41.8 Å². The monoisotopic (exact) mass is 374 g/mol. The second-order valence-corrected chi connectivity index (χ2v) is 7.95. The Morgan fingerprint density at radius 2 is 1.72 bits per heavy atom. The van der Waals surface area contributed by atoms with Crippen molar-refractivity contribution in [2.45, 2.75) is 12.3 Å². The number of amides is 2. The first-order valence-corrected chi connectivity index (χ1v) is 9.77. The van der Waals surface area contributed by atoms with Crippen LogP contribution in [0, 0.1) is 5.92 Å². The van der Waals surface area contributed by atoms with Gasteiger partial charge in [0, 0.05) is 42.9 Å². The maximum absolute atomic E-state index is 12.7. The van der Waals surface area contributed by atoms with Gasteiger partial charge in [0.1, 0.15) is 0 Å². The standard InChI is InChI=1S/C19H19ClN2O2S/c20-16-5-2-1-4-13(16)18(23)21-7-9-22(10-8-21)19(24)15-12-14(15)17-6-3-11-25-17/h1-6,11,14-15H,7-10,12H2/t14-,15-/m0/s1. The Labute approximate surface area is 156 Å². The van der Waals surface area contributed by atoms with E-state index in [4.69, 9.17) is 11.6 Å². The van der Waals surface area contributed by atoms with E-state index in [0.29, 0.717) is 42.7 Å². The van der Waals surface area contributed by atoms with Crippen LogP contribution in [0.5, 0.6) is 0 Å². The summed E-state index contributed by atoms with van der Waals surface area (Å²) in [7, 11) is 0. The molecular formula is C19H19ClN2O2S. The van der Waals surface area contributed by atoms with Gasteiger partial charge in [0.25, 0.3) is 5.91 Å². The second kappa shape index (κ2) is 6.81. The van der Waals surface area contributed by atoms with E-state index in [0.717, 1.165) is 6.42 Å². The highest BCUT2D eigenvalue weighted by molar-refractivity contribution is 7.10. The van der Waals surface area contributed by atoms with E-state index in [1.807, 2.05) is 23.1 Å². The Balaban J connectivity index is 1.34. The lowest BCUT2D eigenvalue weighted by atomic mass is 10.1. The van der Waals surface area contributed by atoms with Crippen LogP contribution in [0.2, 0.25) is 5.02 Å². The zero-order valence-electron chi connectivity index (χ0n) is 13.7. The summed E-state index contributed by atoms with van der Waals surface area (Å²) in [5.74, 6) is 0.712. The smallest absolute Gasteiger partial charge is 0.255 e. The molecule has 2 atom stereocenters. The quantitative estimate of drug-likeness (QED) is 0.825. The SMILES string of the molecule is O=C(c1ccccc1Cl)N1CCN(C(=O)[C@H]2C[C@@H]2c2cccs2)CC1. The van der Waals surface area contributed by atoms with Gasteiger partial charge in [0.2, 0.25) is 5.91 Å². The van der Waals surface area contributed by atoms with Gasteiger partial charge in [-0.15, -0.1) is 11.3 Å². The van der Waals surface area contributed by atoms with Crippen LogP contribution in [0.1, 0.15) is 27.6 Å². The van der Waals surface area contributed by atoms with Crippen molar-refractivity contribution < 1.29 is 9.59 Å². The number of nitrogens with zero attached hydrogens (tertiary/aromatic N) is 2. The second-order valence-electron chi connectivity index (χ2n) is 6.56. The third kappa shape index (κ3) is 3.31. The molecule has 4 nitrogen and oxygen atoms in total. The molecule has 130 valence electrons. The summed E-state index contributed by atoms with van der Waals surface area (Å²) in [5.41, 5.74) is 0.531. The average Bonchev–Trinajstić information content (AvgIpc) is 3.25. The molecule has 1 aromatic carbocycles. The number of rotatable bonds is 3. The molecular weight excluding hydrogens is 356 g/mol. The number of hydrogen-bond donors (Lipinski definition) is 0. The number of carbonyl (C=O) groups excluding carboxylic acids is 2. The molecule has 6 heteroatoms. The Morgan fingerprint density at radius 3 is 2.40 bits per heavy atom. The molecule has 2 aliphatic rings. The van der Waals surface area contributed by atoms with Gasteiger partial charge in [-0.1, -0.05) is 29.8 Å². The van der Waals surface area contributed by atoms with Crippen molar-refractivity contribution in [2.75, 3.05) is 26.2 Å². The van der Waals surface area contributed by atoms with E-state index in [-0.39, 0.29) is 17.7 Å². The highest BCUT2D eigenvalue weighted by Gasteiger charge is 2.46. The van der Waals surface area contributed by atoms with Gasteiger partial charge in [0.05, 0.1) is 10.6 Å². The number of benzene rings is 1. The number of halogens is 1. The van der Waals surface area contributed by atoms with E-state index in [2.05, 4.69) is 11.4 Å². The largest absolute Gasteiger partial charge is 0.339 e. The zero-order valence-corrected chi connectivity index (χ0v) is 15.3. The third-order valence-corrected chi connectivity index (χ3v) is 6.33. The van der Waals surface area contributed by atoms with Gasteiger partial charge in [0.15, 0.2) is 0 Å². The fourth-order valence-electron chi connectivity index (χ4n) is 3.45. The van der Waals surface area contributed by atoms with Crippen LogP contribution in [-0.4, -0.2) is 47.8 Å². The normalized spacial score (nSPS) is 22.8. The van der Waals surface area contributed by atoms with Crippen molar-refractivity contribution >= 4 is 34.8 Å². The summed E-state index contributed by atoms with van der Waals surface area (Å²) < 4.78 is 0. The summed E-state index contributed by atoms with van der Waals surface area (Å²) in [6.07, 6.45) is 0.956. The van der Waals surface area contributed by atoms with Gasteiger partial charge < -0.3 is 9.80 Å². The molecule has 0 bridgehead atoms. The van der Waals surface area contributed by atoms with Crippen LogP contribution in [0.4, 0.5) is 0 Å². The van der Waals surface area contributed by atoms with Crippen LogP contribution >= 0.6 is 22.9 Å². The molecule has 1 aliphatic carbocycles. The van der Waals surface area contributed by atoms with E-state index in [1.165, 1.54) is 4.88 Å². The number of thiophene rings is 1. The van der Waals surface area contributed by atoms with Crippen LogP contribution in [0.25, 0.3) is 0 Å². The minimum Gasteiger partial charge on any atom is -0.339 e. The number of carbonyl (C=O) groups is 2. The minimum atomic E-state index is -0.0550. The lowest BCUT2D eigenvalue weighted by Crippen LogP contribution is -2.51. The summed E-state index contributed by atoms with van der Waals surface area (Å²) in [4.78, 5) is 30.3. The van der Waals surface area contributed by atoms with Crippen molar-refractivity contribution in [2.24, 2.45) is 5.92 Å². The minimum absolute atomic E-state index is 0.0550. The summed E-state index contributed by atoms with van der Waals surface area (Å²) >= 11 is 7.85. The van der Waals surface area contributed by atoms with Gasteiger partial charge in [-0.25, -0.2) is 0 Å². The summed E-state index contributed by atoms with van der Waals surface area (Å²) in [6.45, 7) is 2.32. The lowest BCUT2D eigenvalue weighted by Gasteiger charge is -2.35. The fraction of sp³-hybridized carbons (Fsp3) is 0.368. The molecule has 0 spiro atoms. The average molecular weight is 375 g/mol. The van der Waals surface area contributed by atoms with Crippen LogP contribution < -0.4 is 0 Å². The van der Waals surface area contributed by atoms with Gasteiger partial charge >= 0.3 is 0 Å². The molecule has 2 amide bonds. The highest BCUT2D eigenvalue weighted by Crippen LogP contribution is 2.50. The first-order valence-electron chi connectivity index (χ1n) is 8.51. The molecule has 1 saturated carbocycles. The molecule has 1 aromatic heterocycles. The lowest BCUT2D eigenvalue weighted by molar-refractivity contribution is -0.134. The molecule has 4 rings (SSSR count). The van der Waals surface area contributed by atoms with E-state index in [9.17, 15) is 9.59 Å². The summed E-state index contributed by atoms with van der Waals surface area (Å²) in [6, 6.07) is 11.3. The third-order valence-electron chi connectivity index (χ3n) is 5.00. The van der Waals surface area contributed by atoms with Gasteiger partial charge in [-0.05, 0) is 30.0 Å². The van der Waals surface area contributed by atoms with Gasteiger partial charge in [-0.3, -0.25) is 9.59 Å². The first-order chi connectivity index (χ1) is 12.1. The molecule has 2 heterocycles. The molecule has 2 aromatic rings. The van der Waals surface area contributed by atoms with E-state index in [1.54, 1.807) is 28.4 Å². The molecule has 1 saturated heterocycles. The van der Waals surface area contributed by atoms with Crippen molar-refractivity contribution in [1.82, 2.24) is 9.80 Å². The molecule has 0 radical (unpaired) electrons. The predicted octanol–water partition coefficient (Wildman–Crippen LogP) is 3.49. The highest BCUT2D eigenvalue weighted by atomic mass is 35.5. The topological polar surface area (TPSA) is 40.6 Å². The number of piperazine rings is 1. The van der Waals surface area contributed by atoms with E-state index >= 15 is 0 Å². The molecule has 25 heavy (non-hydrogen) atoms. The maximum atomic E-state index is 12.7. The molecule has 0 N–H and O–H groups in total. The van der Waals surface area contributed by atoms with Crippen molar-refractivity contribution in [1.29, 1.82) is 0 Å². The first kappa shape index (κ1) is 16.6. The summed E-state index contributed by atoms with van der Waals surface area (Å²) in [5, 5.41) is 2.54. The van der Waals surface area contributed by atoms with Crippen molar-refractivity contribution in [3.63, 3.8) is 0 Å². The molecule has 1 aliphatic heterocycles. The Morgan fingerprint density at radius 1 is 1.00 bits per heavy atom. The Kier molecular flexibility index (Phi) is 4.52. The van der Waals surface area contributed by atoms with Gasteiger partial charge in [-0.2, -0.15) is 0 Å². The molecule has 0 unspecified atom stereocenters. The predicted molar refractivity (Wildman–Crippen MR) is 99.1 cm³/mol.